The van der Waals surface area contributed by atoms with Gasteiger partial charge in [-0.1, -0.05) is 41.5 Å². The average Bonchev–Trinajstić information content (AvgIpc) is 2.43. The summed E-state index contributed by atoms with van der Waals surface area (Å²) in [5.74, 6) is -5.34. The zero-order valence-electron chi connectivity index (χ0n) is 17.8. The summed E-state index contributed by atoms with van der Waals surface area (Å²) in [4.78, 5) is 25.4. The van der Waals surface area contributed by atoms with Crippen LogP contribution < -0.4 is 0 Å². The second kappa shape index (κ2) is 8.71. The van der Waals surface area contributed by atoms with Crippen molar-refractivity contribution in [3.63, 3.8) is 0 Å². The van der Waals surface area contributed by atoms with Crippen molar-refractivity contribution in [3.05, 3.63) is 0 Å². The van der Waals surface area contributed by atoms with Crippen molar-refractivity contribution in [3.8, 4) is 0 Å². The van der Waals surface area contributed by atoms with Crippen LogP contribution in [0.4, 0.5) is 52.7 Å². The van der Waals surface area contributed by atoms with Crippen molar-refractivity contribution in [2.24, 2.45) is 16.2 Å². The van der Waals surface area contributed by atoms with Crippen molar-refractivity contribution in [2.75, 3.05) is 0 Å². The molecule has 0 saturated heterocycles. The van der Waals surface area contributed by atoms with Crippen LogP contribution in [0.25, 0.3) is 0 Å². The van der Waals surface area contributed by atoms with E-state index in [0.29, 0.717) is 0 Å². The molecule has 0 aromatic heterocycles. The minimum Gasteiger partial charge on any atom is -0.442 e. The van der Waals surface area contributed by atoms with Gasteiger partial charge in [-0.3, -0.25) is 9.59 Å². The number of hydrogen-bond donors (Lipinski definition) is 0. The summed E-state index contributed by atoms with van der Waals surface area (Å²) in [5, 5.41) is 0. The first kappa shape index (κ1) is 31.1. The Kier molecular flexibility index (Phi) is 8.21. The number of rotatable bonds is 4. The lowest BCUT2D eigenvalue weighted by atomic mass is 9.54. The number of ether oxygens (including phenoxy) is 2. The van der Waals surface area contributed by atoms with Gasteiger partial charge in [0.1, 0.15) is 0 Å². The smallest absolute Gasteiger partial charge is 0.434 e. The van der Waals surface area contributed by atoms with E-state index in [4.69, 9.17) is 0 Å². The third-order valence-corrected chi connectivity index (χ3v) is 4.50. The molecule has 0 bridgehead atoms. The van der Waals surface area contributed by atoms with E-state index in [1.165, 1.54) is 0 Å². The number of carbonyl (C=O) groups is 2. The van der Waals surface area contributed by atoms with Gasteiger partial charge >= 0.3 is 36.6 Å². The van der Waals surface area contributed by atoms with Crippen LogP contribution in [0.5, 0.6) is 0 Å². The lowest BCUT2D eigenvalue weighted by molar-refractivity contribution is -0.324. The number of halogens is 12. The highest BCUT2D eigenvalue weighted by atomic mass is 19.4. The van der Waals surface area contributed by atoms with Crippen LogP contribution in [0.2, 0.25) is 0 Å². The number of alkyl halides is 12. The molecule has 0 rings (SSSR count). The van der Waals surface area contributed by atoms with Gasteiger partial charge in [0.25, 0.3) is 12.2 Å². The summed E-state index contributed by atoms with van der Waals surface area (Å²) < 4.78 is 161. The van der Waals surface area contributed by atoms with Gasteiger partial charge in [0, 0.05) is 0 Å². The summed E-state index contributed by atoms with van der Waals surface area (Å²) in [7, 11) is 0. The molecule has 196 valence electrons. The van der Waals surface area contributed by atoms with Crippen LogP contribution in [-0.4, -0.2) is 48.9 Å². The predicted octanol–water partition coefficient (Wildman–Crippen LogP) is 6.14. The van der Waals surface area contributed by atoms with Crippen molar-refractivity contribution in [1.29, 1.82) is 0 Å². The van der Waals surface area contributed by atoms with Crippen molar-refractivity contribution < 1.29 is 71.7 Å². The standard InChI is InChI=1S/C17H20F12O4/c1-11(2,3)13(12(4,5)6,9(30)32-7(14(18,19)20)15(21,22)23)10(31)33-8(16(24,25)26)17(27,28)29/h7-8H,1-6H3. The Morgan fingerprint density at radius 3 is 0.788 bits per heavy atom. The van der Waals surface area contributed by atoms with Crippen molar-refractivity contribution in [2.45, 2.75) is 78.5 Å². The Balaban J connectivity index is 6.94. The molecule has 0 aliphatic carbocycles. The second-order valence-corrected chi connectivity index (χ2v) is 8.99. The van der Waals surface area contributed by atoms with Crippen LogP contribution >= 0.6 is 0 Å². The third kappa shape index (κ3) is 6.58. The van der Waals surface area contributed by atoms with Crippen LogP contribution in [0.15, 0.2) is 0 Å². The maximum absolute atomic E-state index is 12.9. The zero-order valence-corrected chi connectivity index (χ0v) is 17.8. The molecule has 0 heterocycles. The Labute approximate surface area is 179 Å². The van der Waals surface area contributed by atoms with Gasteiger partial charge < -0.3 is 9.47 Å². The van der Waals surface area contributed by atoms with Gasteiger partial charge in [0.05, 0.1) is 0 Å². The Hall–Kier alpha value is -1.90. The molecular weight excluding hydrogens is 496 g/mol. The molecule has 0 radical (unpaired) electrons. The van der Waals surface area contributed by atoms with Crippen molar-refractivity contribution >= 4 is 11.9 Å². The van der Waals surface area contributed by atoms with Gasteiger partial charge in [0.2, 0.25) is 0 Å². The summed E-state index contributed by atoms with van der Waals surface area (Å²) in [6.45, 7) is 4.88. The summed E-state index contributed by atoms with van der Waals surface area (Å²) in [6, 6.07) is 0. The first-order valence-electron chi connectivity index (χ1n) is 8.71. The largest absolute Gasteiger partial charge is 0.442 e. The van der Waals surface area contributed by atoms with Gasteiger partial charge in [-0.15, -0.1) is 0 Å². The molecule has 33 heavy (non-hydrogen) atoms. The molecule has 0 aliphatic rings. The number of carbonyl (C=O) groups excluding carboxylic acids is 2. The van der Waals surface area contributed by atoms with Crippen LogP contribution in [0.3, 0.4) is 0 Å². The SMILES string of the molecule is CC(C)(C)C(C(=O)OC(C(F)(F)F)C(F)(F)F)(C(=O)OC(C(F)(F)F)C(F)(F)F)C(C)(C)C. The molecule has 0 aliphatic heterocycles. The third-order valence-electron chi connectivity index (χ3n) is 4.50. The molecule has 0 aromatic rings. The van der Waals surface area contributed by atoms with E-state index >= 15 is 0 Å². The Bertz CT molecular complexity index is 627. The van der Waals surface area contributed by atoms with Gasteiger partial charge in [-0.25, -0.2) is 0 Å². The van der Waals surface area contributed by atoms with Crippen LogP contribution in [0, 0.1) is 16.2 Å². The van der Waals surface area contributed by atoms with Gasteiger partial charge in [-0.2, -0.15) is 52.7 Å². The quantitative estimate of drug-likeness (QED) is 0.256. The molecule has 0 spiro atoms. The minimum absolute atomic E-state index is 0.813. The minimum atomic E-state index is -6.28. The highest BCUT2D eigenvalue weighted by molar-refractivity contribution is 6.02. The summed E-state index contributed by atoms with van der Waals surface area (Å²) in [6.07, 6.45) is -34.8. The summed E-state index contributed by atoms with van der Waals surface area (Å²) >= 11 is 0. The second-order valence-electron chi connectivity index (χ2n) is 8.99. The number of hydrogen-bond acceptors (Lipinski definition) is 4. The zero-order chi connectivity index (χ0) is 27.2. The number of esters is 2. The molecule has 0 amide bonds. The predicted molar refractivity (Wildman–Crippen MR) is 85.3 cm³/mol. The van der Waals surface area contributed by atoms with Crippen LogP contribution in [0.1, 0.15) is 41.5 Å². The Morgan fingerprint density at radius 1 is 0.485 bits per heavy atom. The van der Waals surface area contributed by atoms with E-state index in [-0.39, 0.29) is 0 Å². The molecule has 0 N–H and O–H groups in total. The van der Waals surface area contributed by atoms with Crippen molar-refractivity contribution in [1.82, 2.24) is 0 Å². The molecule has 0 unspecified atom stereocenters. The molecule has 0 saturated carbocycles. The lowest BCUT2D eigenvalue weighted by Crippen LogP contribution is -2.62. The monoisotopic (exact) mass is 516 g/mol. The van der Waals surface area contributed by atoms with E-state index in [9.17, 15) is 62.3 Å². The maximum Gasteiger partial charge on any atom is 0.434 e. The topological polar surface area (TPSA) is 52.6 Å². The van der Waals surface area contributed by atoms with E-state index < -0.39 is 65.1 Å². The van der Waals surface area contributed by atoms with E-state index in [0.717, 1.165) is 41.5 Å². The molecule has 4 nitrogen and oxygen atoms in total. The first-order valence-corrected chi connectivity index (χ1v) is 8.71. The van der Waals surface area contributed by atoms with Gasteiger partial charge in [-0.05, 0) is 10.8 Å². The Morgan fingerprint density at radius 2 is 0.667 bits per heavy atom. The fraction of sp³-hybridized carbons (Fsp3) is 0.882. The maximum atomic E-state index is 12.9. The molecule has 0 aromatic carbocycles. The molecular formula is C17H20F12O4. The lowest BCUT2D eigenvalue weighted by Gasteiger charge is -2.49. The highest BCUT2D eigenvalue weighted by Crippen LogP contribution is 2.55. The highest BCUT2D eigenvalue weighted by Gasteiger charge is 2.70. The molecule has 16 heteroatoms. The van der Waals surface area contributed by atoms with E-state index in [1.54, 1.807) is 0 Å². The average molecular weight is 516 g/mol. The molecule has 0 fully saturated rings. The van der Waals surface area contributed by atoms with Gasteiger partial charge in [0.15, 0.2) is 5.41 Å². The fourth-order valence-corrected chi connectivity index (χ4v) is 3.46. The molecule has 0 atom stereocenters. The fourth-order valence-electron chi connectivity index (χ4n) is 3.46. The van der Waals surface area contributed by atoms with E-state index in [2.05, 4.69) is 9.47 Å². The van der Waals surface area contributed by atoms with E-state index in [1.807, 2.05) is 0 Å². The summed E-state index contributed by atoms with van der Waals surface area (Å²) in [5.41, 5.74) is -7.91. The normalized spacial score (nSPS) is 15.2. The van der Waals surface area contributed by atoms with Crippen LogP contribution in [-0.2, 0) is 19.1 Å². The first-order chi connectivity index (χ1) is 14.0.